The standard InChI is InChI=1S/C32H48N2O4/c1-20(2)29-16-27(17-30(21(3)4)33(29)35)37-25-12-10-23-11-13-26(15-24(23)14-25)38-28-18-31(7,8)34(36)32(9,19-28)22(5)6/h10-15,20-22,27-30H,16-19H2,1-9H3/q-1. The first-order valence-electron chi connectivity index (χ1n) is 14.5. The van der Waals surface area contributed by atoms with Crippen LogP contribution in [-0.4, -0.2) is 45.5 Å². The van der Waals surface area contributed by atoms with Gasteiger partial charge >= 0.3 is 0 Å². The molecular formula is C32H48N2O4-. The number of rotatable bonds is 7. The Morgan fingerprint density at radius 2 is 1.29 bits per heavy atom. The Hall–Kier alpha value is -1.86. The molecule has 2 aromatic rings. The lowest BCUT2D eigenvalue weighted by Crippen LogP contribution is -2.63. The lowest BCUT2D eigenvalue weighted by molar-refractivity contribution is -0.256. The zero-order valence-corrected chi connectivity index (χ0v) is 24.9. The number of benzene rings is 2. The average molecular weight is 525 g/mol. The predicted octanol–water partition coefficient (Wildman–Crippen LogP) is 7.61. The number of nitrogens with zero attached hydrogens (tertiary/aromatic N) is 2. The summed E-state index contributed by atoms with van der Waals surface area (Å²) in [6.07, 6.45) is 2.86. The average Bonchev–Trinajstić information content (AvgIpc) is 2.82. The van der Waals surface area contributed by atoms with Crippen LogP contribution in [0.4, 0.5) is 0 Å². The van der Waals surface area contributed by atoms with Crippen LogP contribution in [0.2, 0.25) is 0 Å². The van der Waals surface area contributed by atoms with E-state index in [0.717, 1.165) is 35.1 Å². The summed E-state index contributed by atoms with van der Waals surface area (Å²) in [7, 11) is 0. The van der Waals surface area contributed by atoms with Gasteiger partial charge in [-0.1, -0.05) is 53.7 Å². The molecule has 2 aliphatic rings. The largest absolute Gasteiger partial charge is 0.784 e. The smallest absolute Gasteiger partial charge is 0.120 e. The van der Waals surface area contributed by atoms with Crippen molar-refractivity contribution in [3.8, 4) is 11.5 Å². The molecule has 0 saturated carbocycles. The second kappa shape index (κ2) is 11.0. The van der Waals surface area contributed by atoms with Crippen LogP contribution in [0, 0.1) is 23.0 Å². The van der Waals surface area contributed by atoms with Gasteiger partial charge in [-0.3, -0.25) is 0 Å². The van der Waals surface area contributed by atoms with Crippen LogP contribution in [0.5, 0.6) is 11.5 Å². The van der Waals surface area contributed by atoms with Gasteiger partial charge in [0.05, 0.1) is 0 Å². The molecule has 6 nitrogen and oxygen atoms in total. The van der Waals surface area contributed by atoms with E-state index in [1.807, 2.05) is 26.0 Å². The van der Waals surface area contributed by atoms with Gasteiger partial charge in [0, 0.05) is 48.8 Å². The van der Waals surface area contributed by atoms with Gasteiger partial charge < -0.3 is 19.7 Å². The van der Waals surface area contributed by atoms with Crippen LogP contribution < -0.4 is 9.47 Å². The predicted molar refractivity (Wildman–Crippen MR) is 154 cm³/mol. The molecule has 38 heavy (non-hydrogen) atoms. The Morgan fingerprint density at radius 1 is 0.789 bits per heavy atom. The number of ether oxygens (including phenoxy) is 2. The molecule has 0 bridgehead atoms. The second-order valence-electron chi connectivity index (χ2n) is 13.6. The minimum atomic E-state index is -0.485. The molecule has 2 aliphatic heterocycles. The number of piperidine rings is 2. The Labute approximate surface area is 229 Å². The first-order valence-corrected chi connectivity index (χ1v) is 14.5. The van der Waals surface area contributed by atoms with E-state index < -0.39 is 11.1 Å². The fourth-order valence-corrected chi connectivity index (χ4v) is 6.55. The van der Waals surface area contributed by atoms with Gasteiger partial charge in [0.2, 0.25) is 0 Å². The third kappa shape index (κ3) is 5.84. The van der Waals surface area contributed by atoms with E-state index in [0.29, 0.717) is 12.8 Å². The van der Waals surface area contributed by atoms with Crippen LogP contribution in [0.1, 0.15) is 88.0 Å². The Morgan fingerprint density at radius 3 is 1.76 bits per heavy atom. The topological polar surface area (TPSA) is 67.9 Å². The van der Waals surface area contributed by atoms with Crippen LogP contribution in [-0.2, 0) is 5.21 Å². The molecule has 0 aliphatic carbocycles. The summed E-state index contributed by atoms with van der Waals surface area (Å²) in [5, 5.41) is 30.9. The molecule has 0 N–H and O–H groups in total. The van der Waals surface area contributed by atoms with Crippen molar-refractivity contribution in [1.29, 1.82) is 0 Å². The summed E-state index contributed by atoms with van der Waals surface area (Å²) in [4.78, 5) is 0. The molecular weight excluding hydrogens is 476 g/mol. The number of hydrogen-bond acceptors (Lipinski definition) is 5. The molecule has 0 aromatic heterocycles. The minimum Gasteiger partial charge on any atom is -0.784 e. The summed E-state index contributed by atoms with van der Waals surface area (Å²) in [6.45, 7) is 18.8. The fourth-order valence-electron chi connectivity index (χ4n) is 6.55. The minimum absolute atomic E-state index is 0.0186. The molecule has 1 radical (unpaired) electrons. The van der Waals surface area contributed by atoms with E-state index in [4.69, 9.17) is 9.47 Å². The lowest BCUT2D eigenvalue weighted by atomic mass is 9.73. The highest BCUT2D eigenvalue weighted by Crippen LogP contribution is 2.43. The fraction of sp³-hybridized carbons (Fsp3) is 0.688. The summed E-state index contributed by atoms with van der Waals surface area (Å²) in [5.74, 6) is 2.44. The number of fused-ring (bicyclic) bond motifs is 1. The van der Waals surface area contributed by atoms with Gasteiger partial charge in [-0.15, -0.1) is 10.3 Å². The van der Waals surface area contributed by atoms with Crippen LogP contribution in [0.3, 0.4) is 0 Å². The molecule has 2 fully saturated rings. The van der Waals surface area contributed by atoms with Gasteiger partial charge in [-0.2, -0.15) is 0 Å². The lowest BCUT2D eigenvalue weighted by Gasteiger charge is -2.62. The zero-order chi connectivity index (χ0) is 28.0. The monoisotopic (exact) mass is 524 g/mol. The van der Waals surface area contributed by atoms with Gasteiger partial charge in [0.15, 0.2) is 0 Å². The quantitative estimate of drug-likeness (QED) is 0.373. The third-order valence-corrected chi connectivity index (χ3v) is 9.22. The van der Waals surface area contributed by atoms with Crippen molar-refractivity contribution in [1.82, 2.24) is 10.1 Å². The van der Waals surface area contributed by atoms with Gasteiger partial charge in [-0.25, -0.2) is 0 Å². The maximum absolute atomic E-state index is 13.1. The van der Waals surface area contributed by atoms with Crippen LogP contribution in [0.25, 0.3) is 10.8 Å². The van der Waals surface area contributed by atoms with Crippen molar-refractivity contribution in [2.24, 2.45) is 17.8 Å². The molecule has 0 spiro atoms. The van der Waals surface area contributed by atoms with Gasteiger partial charge in [0.1, 0.15) is 23.7 Å². The number of hydrogen-bond donors (Lipinski definition) is 0. The van der Waals surface area contributed by atoms with Gasteiger partial charge in [-0.05, 0) is 73.6 Å². The van der Waals surface area contributed by atoms with E-state index in [1.165, 1.54) is 10.1 Å². The summed E-state index contributed by atoms with van der Waals surface area (Å²) < 4.78 is 13.0. The molecule has 4 unspecified atom stereocenters. The third-order valence-electron chi connectivity index (χ3n) is 9.22. The van der Waals surface area contributed by atoms with E-state index in [-0.39, 0.29) is 42.0 Å². The molecule has 4 rings (SSSR count). The van der Waals surface area contributed by atoms with Crippen molar-refractivity contribution in [3.05, 3.63) is 41.6 Å². The molecule has 2 saturated heterocycles. The number of hydroxylamine groups is 4. The first-order chi connectivity index (χ1) is 17.7. The summed E-state index contributed by atoms with van der Waals surface area (Å²) in [5.41, 5.74) is -0.952. The maximum Gasteiger partial charge on any atom is 0.120 e. The molecule has 6 heteroatoms. The normalized spacial score (nSPS) is 30.9. The van der Waals surface area contributed by atoms with E-state index in [1.54, 1.807) is 0 Å². The maximum atomic E-state index is 13.1. The Balaban J connectivity index is 1.52. The highest BCUT2D eigenvalue weighted by Gasteiger charge is 2.45. The highest BCUT2D eigenvalue weighted by molar-refractivity contribution is 5.85. The van der Waals surface area contributed by atoms with Crippen molar-refractivity contribution in [3.63, 3.8) is 0 Å². The summed E-state index contributed by atoms with van der Waals surface area (Å²) >= 11 is 0. The molecule has 2 aromatic carbocycles. The SMILES string of the molecule is CC(C)C1CC(Oc2ccc3ccc(OC4CC(C)(C)N([O-])C(C)(C(C)C)C4)cc3c2)CC(C(C)C)N1[O]. The second-order valence-corrected chi connectivity index (χ2v) is 13.6. The Kier molecular flexibility index (Phi) is 8.40. The van der Waals surface area contributed by atoms with E-state index >= 15 is 0 Å². The Bertz CT molecular complexity index is 1080. The molecule has 0 amide bonds. The van der Waals surface area contributed by atoms with E-state index in [2.05, 4.69) is 72.7 Å². The van der Waals surface area contributed by atoms with E-state index in [9.17, 15) is 10.4 Å². The molecule has 4 atom stereocenters. The van der Waals surface area contributed by atoms with Crippen LogP contribution in [0.15, 0.2) is 36.4 Å². The molecule has 211 valence electrons. The van der Waals surface area contributed by atoms with Crippen molar-refractivity contribution >= 4 is 10.8 Å². The van der Waals surface area contributed by atoms with Gasteiger partial charge in [0.25, 0.3) is 0 Å². The van der Waals surface area contributed by atoms with Crippen molar-refractivity contribution in [2.75, 3.05) is 0 Å². The highest BCUT2D eigenvalue weighted by atomic mass is 16.5. The van der Waals surface area contributed by atoms with Crippen molar-refractivity contribution in [2.45, 2.75) is 123 Å². The van der Waals surface area contributed by atoms with Crippen LogP contribution >= 0.6 is 0 Å². The first kappa shape index (κ1) is 29.1. The van der Waals surface area contributed by atoms with Crippen molar-refractivity contribution < 1.29 is 14.7 Å². The molecule has 2 heterocycles. The zero-order valence-electron chi connectivity index (χ0n) is 24.9. The summed E-state index contributed by atoms with van der Waals surface area (Å²) in [6, 6.07) is 12.3.